The summed E-state index contributed by atoms with van der Waals surface area (Å²) in [5.41, 5.74) is 14.6. The molecule has 0 aliphatic carbocycles. The summed E-state index contributed by atoms with van der Waals surface area (Å²) in [4.78, 5) is 0. The first-order chi connectivity index (χ1) is 8.70. The molecule has 0 saturated carbocycles. The van der Waals surface area contributed by atoms with E-state index in [4.69, 9.17) is 11.5 Å². The van der Waals surface area contributed by atoms with Gasteiger partial charge in [0.15, 0.2) is 0 Å². The summed E-state index contributed by atoms with van der Waals surface area (Å²) in [7, 11) is 0. The number of hydrogen-bond donors (Lipinski definition) is 2. The second kappa shape index (κ2) is 5.65. The van der Waals surface area contributed by atoms with Gasteiger partial charge in [-0.15, -0.1) is 0 Å². The van der Waals surface area contributed by atoms with E-state index in [1.807, 2.05) is 24.3 Å². The van der Waals surface area contributed by atoms with E-state index in [-0.39, 0.29) is 11.7 Å². The molecular formula is C15H17FN2. The third-order valence-corrected chi connectivity index (χ3v) is 3.15. The number of para-hydroxylation sites is 1. The highest BCUT2D eigenvalue weighted by Crippen LogP contribution is 2.23. The fourth-order valence-corrected chi connectivity index (χ4v) is 2.06. The first-order valence-corrected chi connectivity index (χ1v) is 5.99. The van der Waals surface area contributed by atoms with E-state index in [9.17, 15) is 4.39 Å². The molecule has 2 nitrogen and oxygen atoms in total. The minimum absolute atomic E-state index is 0.162. The van der Waals surface area contributed by atoms with Crippen LogP contribution in [0.5, 0.6) is 0 Å². The van der Waals surface area contributed by atoms with Crippen molar-refractivity contribution in [2.75, 3.05) is 12.3 Å². The van der Waals surface area contributed by atoms with Gasteiger partial charge in [-0.05, 0) is 42.3 Å². The van der Waals surface area contributed by atoms with Crippen molar-refractivity contribution < 1.29 is 4.39 Å². The molecule has 0 aliphatic heterocycles. The summed E-state index contributed by atoms with van der Waals surface area (Å²) >= 11 is 0. The highest BCUT2D eigenvalue weighted by atomic mass is 19.1. The summed E-state index contributed by atoms with van der Waals surface area (Å²) in [6.45, 7) is 0.514. The summed E-state index contributed by atoms with van der Waals surface area (Å²) in [6.07, 6.45) is 0.773. The maximum Gasteiger partial charge on any atom is 0.123 e. The quantitative estimate of drug-likeness (QED) is 0.812. The molecule has 0 spiro atoms. The predicted octanol–water partition coefficient (Wildman–Crippen LogP) is 2.69. The lowest BCUT2D eigenvalue weighted by atomic mass is 9.91. The third kappa shape index (κ3) is 2.87. The molecule has 2 aromatic rings. The molecule has 0 aromatic heterocycles. The van der Waals surface area contributed by atoms with Crippen LogP contribution in [-0.2, 0) is 6.42 Å². The summed E-state index contributed by atoms with van der Waals surface area (Å²) in [5.74, 6) is -0.0657. The van der Waals surface area contributed by atoms with Crippen molar-refractivity contribution in [3.05, 3.63) is 65.5 Å². The Morgan fingerprint density at radius 3 is 2.28 bits per heavy atom. The molecule has 1 atom stereocenters. The van der Waals surface area contributed by atoms with Crippen molar-refractivity contribution >= 4 is 5.69 Å². The van der Waals surface area contributed by atoms with Gasteiger partial charge in [-0.25, -0.2) is 4.39 Å². The zero-order valence-electron chi connectivity index (χ0n) is 10.1. The molecule has 1 unspecified atom stereocenters. The largest absolute Gasteiger partial charge is 0.399 e. The Labute approximate surface area is 106 Å². The molecule has 3 heteroatoms. The van der Waals surface area contributed by atoms with Crippen molar-refractivity contribution in [2.24, 2.45) is 5.73 Å². The zero-order chi connectivity index (χ0) is 13.0. The Morgan fingerprint density at radius 1 is 1.00 bits per heavy atom. The Bertz CT molecular complexity index is 508. The normalized spacial score (nSPS) is 12.3. The minimum atomic E-state index is -0.228. The van der Waals surface area contributed by atoms with Crippen molar-refractivity contribution in [2.45, 2.75) is 12.3 Å². The number of benzene rings is 2. The molecule has 0 heterocycles. The van der Waals surface area contributed by atoms with Crippen molar-refractivity contribution in [3.63, 3.8) is 0 Å². The van der Waals surface area contributed by atoms with Gasteiger partial charge in [0, 0.05) is 11.6 Å². The molecule has 0 aliphatic rings. The van der Waals surface area contributed by atoms with Gasteiger partial charge >= 0.3 is 0 Å². The van der Waals surface area contributed by atoms with Crippen molar-refractivity contribution in [1.29, 1.82) is 0 Å². The van der Waals surface area contributed by atoms with E-state index >= 15 is 0 Å². The predicted molar refractivity (Wildman–Crippen MR) is 72.8 cm³/mol. The standard InChI is InChI=1S/C15H17FN2/c16-14-7-5-11(6-8-14)13(10-17)9-12-3-1-2-4-15(12)18/h1-8,13H,9-10,17-18H2. The number of hydrogen-bond acceptors (Lipinski definition) is 2. The van der Waals surface area contributed by atoms with Gasteiger partial charge < -0.3 is 11.5 Å². The fourth-order valence-electron chi connectivity index (χ4n) is 2.06. The summed E-state index contributed by atoms with van der Waals surface area (Å²) in [5, 5.41) is 0. The van der Waals surface area contributed by atoms with Gasteiger partial charge in [0.05, 0.1) is 0 Å². The van der Waals surface area contributed by atoms with Crippen LogP contribution in [0, 0.1) is 5.82 Å². The van der Waals surface area contributed by atoms with Crippen LogP contribution in [0.25, 0.3) is 0 Å². The second-order valence-electron chi connectivity index (χ2n) is 4.39. The molecule has 18 heavy (non-hydrogen) atoms. The van der Waals surface area contributed by atoms with Crippen molar-refractivity contribution in [1.82, 2.24) is 0 Å². The Kier molecular flexibility index (Phi) is 3.95. The molecule has 4 N–H and O–H groups in total. The van der Waals surface area contributed by atoms with Crippen LogP contribution in [0.2, 0.25) is 0 Å². The van der Waals surface area contributed by atoms with E-state index in [1.54, 1.807) is 12.1 Å². The Hall–Kier alpha value is -1.87. The van der Waals surface area contributed by atoms with Crippen LogP contribution in [0.3, 0.4) is 0 Å². The van der Waals surface area contributed by atoms with Gasteiger partial charge in [0.2, 0.25) is 0 Å². The molecule has 0 fully saturated rings. The maximum absolute atomic E-state index is 12.9. The third-order valence-electron chi connectivity index (χ3n) is 3.15. The summed E-state index contributed by atoms with van der Waals surface area (Å²) in [6, 6.07) is 14.3. The highest BCUT2D eigenvalue weighted by Gasteiger charge is 2.12. The number of anilines is 1. The van der Waals surface area contributed by atoms with E-state index in [1.165, 1.54) is 12.1 Å². The number of rotatable bonds is 4. The molecule has 2 aromatic carbocycles. The lowest BCUT2D eigenvalue weighted by Gasteiger charge is -2.16. The Balaban J connectivity index is 2.20. The van der Waals surface area contributed by atoms with Crippen LogP contribution >= 0.6 is 0 Å². The molecule has 94 valence electrons. The molecular weight excluding hydrogens is 227 g/mol. The first kappa shape index (κ1) is 12.6. The van der Waals surface area contributed by atoms with Crippen LogP contribution in [0.1, 0.15) is 17.0 Å². The number of nitrogens with two attached hydrogens (primary N) is 2. The van der Waals surface area contributed by atoms with Gasteiger partial charge in [-0.3, -0.25) is 0 Å². The second-order valence-corrected chi connectivity index (χ2v) is 4.39. The smallest absolute Gasteiger partial charge is 0.123 e. The van der Waals surface area contributed by atoms with Gasteiger partial charge in [0.1, 0.15) is 5.82 Å². The average Bonchev–Trinajstić information content (AvgIpc) is 2.39. The van der Waals surface area contributed by atoms with Gasteiger partial charge in [0.25, 0.3) is 0 Å². The van der Waals surface area contributed by atoms with E-state index in [0.717, 1.165) is 23.2 Å². The Morgan fingerprint density at radius 2 is 1.67 bits per heavy atom. The molecule has 0 radical (unpaired) electrons. The topological polar surface area (TPSA) is 52.0 Å². The van der Waals surface area contributed by atoms with Gasteiger partial charge in [-0.2, -0.15) is 0 Å². The summed E-state index contributed by atoms with van der Waals surface area (Å²) < 4.78 is 12.9. The molecule has 0 bridgehead atoms. The lowest BCUT2D eigenvalue weighted by molar-refractivity contribution is 0.623. The zero-order valence-corrected chi connectivity index (χ0v) is 10.1. The molecule has 0 amide bonds. The average molecular weight is 244 g/mol. The van der Waals surface area contributed by atoms with Gasteiger partial charge in [-0.1, -0.05) is 30.3 Å². The van der Waals surface area contributed by atoms with Crippen LogP contribution in [0.15, 0.2) is 48.5 Å². The highest BCUT2D eigenvalue weighted by molar-refractivity contribution is 5.47. The van der Waals surface area contributed by atoms with Crippen LogP contribution in [-0.4, -0.2) is 6.54 Å². The van der Waals surface area contributed by atoms with E-state index < -0.39 is 0 Å². The lowest BCUT2D eigenvalue weighted by Crippen LogP contribution is -2.15. The number of halogens is 1. The first-order valence-electron chi connectivity index (χ1n) is 5.99. The molecule has 2 rings (SSSR count). The monoisotopic (exact) mass is 244 g/mol. The maximum atomic E-state index is 12.9. The van der Waals surface area contributed by atoms with Crippen LogP contribution < -0.4 is 11.5 Å². The fraction of sp³-hybridized carbons (Fsp3) is 0.200. The van der Waals surface area contributed by atoms with E-state index in [0.29, 0.717) is 6.54 Å². The van der Waals surface area contributed by atoms with E-state index in [2.05, 4.69) is 0 Å². The SMILES string of the molecule is NCC(Cc1ccccc1N)c1ccc(F)cc1. The van der Waals surface area contributed by atoms with Crippen molar-refractivity contribution in [3.8, 4) is 0 Å². The van der Waals surface area contributed by atoms with Crippen LogP contribution in [0.4, 0.5) is 10.1 Å². The minimum Gasteiger partial charge on any atom is -0.399 e. The number of nitrogen functional groups attached to an aromatic ring is 1. The molecule has 0 saturated heterocycles.